The first kappa shape index (κ1) is 19.1. The fourth-order valence-corrected chi connectivity index (χ4v) is 3.49. The predicted molar refractivity (Wildman–Crippen MR) is 99.6 cm³/mol. The molecule has 0 heterocycles. The van der Waals surface area contributed by atoms with Crippen molar-refractivity contribution in [2.75, 3.05) is 0 Å². The Morgan fingerprint density at radius 1 is 0.966 bits per heavy atom. The molecule has 2 aromatic rings. The van der Waals surface area contributed by atoms with Crippen LogP contribution >= 0.6 is 0 Å². The third-order valence-electron chi connectivity index (χ3n) is 4.70. The molecular weight excluding hydrogens is 382 g/mol. The van der Waals surface area contributed by atoms with E-state index in [0.29, 0.717) is 0 Å². The topological polar surface area (TPSA) is 158 Å². The summed E-state index contributed by atoms with van der Waals surface area (Å²) >= 11 is 0. The monoisotopic (exact) mass is 391 g/mol. The van der Waals surface area contributed by atoms with Crippen LogP contribution in [0.15, 0.2) is 23.9 Å². The first-order valence-corrected chi connectivity index (χ1v) is 7.92. The molecule has 0 atom stereocenters. The molecule has 11 heteroatoms. The molecule has 3 rings (SSSR count). The molecule has 0 aromatic heterocycles. The van der Waals surface area contributed by atoms with Gasteiger partial charge < -0.3 is 0 Å². The quantitative estimate of drug-likeness (QED) is 0.280. The van der Waals surface area contributed by atoms with Gasteiger partial charge in [0.25, 0.3) is 22.8 Å². The summed E-state index contributed by atoms with van der Waals surface area (Å²) in [6.07, 6.45) is 0. The number of nitrogens with zero attached hydrogens (tertiary/aromatic N) is 5. The predicted octanol–water partition coefficient (Wildman–Crippen LogP) is 4.21. The van der Waals surface area contributed by atoms with Gasteiger partial charge in [0.05, 0.1) is 33.0 Å². The van der Waals surface area contributed by atoms with E-state index in [1.165, 1.54) is 19.9 Å². The van der Waals surface area contributed by atoms with Gasteiger partial charge in [-0.3, -0.25) is 30.3 Å². The Kier molecular flexibility index (Phi) is 4.29. The summed E-state index contributed by atoms with van der Waals surface area (Å²) in [6, 6.07) is 5.22. The lowest BCUT2D eigenvalue weighted by Crippen LogP contribution is -2.01. The number of hydrogen-bond donors (Lipinski definition) is 0. The maximum Gasteiger partial charge on any atom is 0.287 e. The minimum Gasteiger partial charge on any atom is -0.258 e. The lowest BCUT2D eigenvalue weighted by atomic mass is 9.97. The third kappa shape index (κ3) is 2.65. The van der Waals surface area contributed by atoms with E-state index in [4.69, 9.17) is 6.57 Å². The molecule has 0 aliphatic heterocycles. The molecule has 11 nitrogen and oxygen atoms in total. The van der Waals surface area contributed by atoms with E-state index in [0.717, 1.165) is 12.1 Å². The summed E-state index contributed by atoms with van der Waals surface area (Å²) in [7, 11) is 0. The highest BCUT2D eigenvalue weighted by Gasteiger charge is 2.39. The average molecular weight is 391 g/mol. The second-order valence-electron chi connectivity index (χ2n) is 6.19. The highest BCUT2D eigenvalue weighted by atomic mass is 16.6. The fraction of sp³-hybridized carbons (Fsp3) is 0.111. The lowest BCUT2D eigenvalue weighted by Gasteiger charge is -2.07. The van der Waals surface area contributed by atoms with Crippen molar-refractivity contribution in [3.63, 3.8) is 0 Å². The molecule has 0 radical (unpaired) electrons. The van der Waals surface area contributed by atoms with Crippen molar-refractivity contribution >= 4 is 22.6 Å². The van der Waals surface area contributed by atoms with Gasteiger partial charge in [-0.2, -0.15) is 0 Å². The first-order chi connectivity index (χ1) is 13.6. The number of nitro groups is 3. The van der Waals surface area contributed by atoms with Crippen LogP contribution in [0, 0.1) is 62.1 Å². The van der Waals surface area contributed by atoms with Crippen molar-refractivity contribution < 1.29 is 14.8 Å². The number of nitriles is 1. The molecule has 0 bridgehead atoms. The molecular formula is C18H9N5O6. The first-order valence-electron chi connectivity index (χ1n) is 7.92. The zero-order valence-electron chi connectivity index (χ0n) is 14.9. The van der Waals surface area contributed by atoms with Gasteiger partial charge >= 0.3 is 0 Å². The average Bonchev–Trinajstić information content (AvgIpc) is 2.94. The summed E-state index contributed by atoms with van der Waals surface area (Å²) < 4.78 is 0. The largest absolute Gasteiger partial charge is 0.287 e. The van der Waals surface area contributed by atoms with Crippen LogP contribution in [0.1, 0.15) is 22.3 Å². The standard InChI is InChI=1S/C18H9N5O6/c1-8-4-10-11(5-14(8)21(24)25)16(13(7-19)20-3)12-6-15(22(26)27)9(2)18(17(10)12)23(28)29/h4-6H,1-2H3/b16-13+. The molecule has 0 spiro atoms. The van der Waals surface area contributed by atoms with Crippen LogP contribution < -0.4 is 0 Å². The van der Waals surface area contributed by atoms with E-state index in [2.05, 4.69) is 4.85 Å². The Morgan fingerprint density at radius 2 is 1.55 bits per heavy atom. The van der Waals surface area contributed by atoms with Crippen LogP contribution in [0.3, 0.4) is 0 Å². The van der Waals surface area contributed by atoms with Crippen LogP contribution in [0.5, 0.6) is 0 Å². The summed E-state index contributed by atoms with van der Waals surface area (Å²) in [5, 5.41) is 43.9. The van der Waals surface area contributed by atoms with E-state index in [-0.39, 0.29) is 44.6 Å². The van der Waals surface area contributed by atoms with Gasteiger partial charge in [-0.1, -0.05) is 0 Å². The Morgan fingerprint density at radius 3 is 2.03 bits per heavy atom. The van der Waals surface area contributed by atoms with Gasteiger partial charge in [-0.05, 0) is 36.6 Å². The van der Waals surface area contributed by atoms with Crippen molar-refractivity contribution in [3.05, 3.63) is 87.9 Å². The van der Waals surface area contributed by atoms with E-state index in [1.807, 2.05) is 0 Å². The molecule has 29 heavy (non-hydrogen) atoms. The maximum absolute atomic E-state index is 11.8. The van der Waals surface area contributed by atoms with Crippen molar-refractivity contribution in [1.82, 2.24) is 0 Å². The third-order valence-corrected chi connectivity index (χ3v) is 4.70. The Labute approximate surface area is 162 Å². The summed E-state index contributed by atoms with van der Waals surface area (Å²) in [5.74, 6) is 0. The summed E-state index contributed by atoms with van der Waals surface area (Å²) in [5.41, 5.74) is -1.70. The van der Waals surface area contributed by atoms with Gasteiger partial charge in [0, 0.05) is 23.3 Å². The van der Waals surface area contributed by atoms with Gasteiger partial charge in [0.1, 0.15) is 5.56 Å². The van der Waals surface area contributed by atoms with E-state index < -0.39 is 31.8 Å². The van der Waals surface area contributed by atoms with Crippen LogP contribution in [0.2, 0.25) is 0 Å². The second-order valence-corrected chi connectivity index (χ2v) is 6.19. The molecule has 0 N–H and O–H groups in total. The molecule has 0 saturated carbocycles. The maximum atomic E-state index is 11.8. The number of fused-ring (bicyclic) bond motifs is 3. The summed E-state index contributed by atoms with van der Waals surface area (Å²) in [4.78, 5) is 35.5. The number of hydrogen-bond acceptors (Lipinski definition) is 7. The van der Waals surface area contributed by atoms with Crippen molar-refractivity contribution in [3.8, 4) is 17.2 Å². The molecule has 0 amide bonds. The highest BCUT2D eigenvalue weighted by Crippen LogP contribution is 2.53. The number of nitro benzene ring substituents is 3. The van der Waals surface area contributed by atoms with Crippen LogP contribution in [0.25, 0.3) is 21.5 Å². The Bertz CT molecular complexity index is 1260. The van der Waals surface area contributed by atoms with Crippen LogP contribution in [0.4, 0.5) is 17.1 Å². The van der Waals surface area contributed by atoms with Gasteiger partial charge in [0.15, 0.2) is 0 Å². The Hall–Kier alpha value is -4.64. The van der Waals surface area contributed by atoms with Gasteiger partial charge in [-0.25, -0.2) is 10.1 Å². The molecule has 0 fully saturated rings. The number of rotatable bonds is 3. The number of allylic oxidation sites excluding steroid dienone is 1. The van der Waals surface area contributed by atoms with Crippen LogP contribution in [-0.4, -0.2) is 14.8 Å². The Balaban J connectivity index is 2.63. The number of aryl methyl sites for hydroxylation is 1. The highest BCUT2D eigenvalue weighted by molar-refractivity contribution is 6.08. The molecule has 2 aromatic carbocycles. The minimum absolute atomic E-state index is 0.00232. The van der Waals surface area contributed by atoms with Crippen LogP contribution in [-0.2, 0) is 0 Å². The van der Waals surface area contributed by atoms with E-state index >= 15 is 0 Å². The van der Waals surface area contributed by atoms with E-state index in [1.54, 1.807) is 6.07 Å². The summed E-state index contributed by atoms with van der Waals surface area (Å²) in [6.45, 7) is 9.93. The van der Waals surface area contributed by atoms with Gasteiger partial charge in [0.2, 0.25) is 0 Å². The van der Waals surface area contributed by atoms with E-state index in [9.17, 15) is 35.6 Å². The molecule has 142 valence electrons. The molecule has 1 aliphatic rings. The molecule has 1 aliphatic carbocycles. The van der Waals surface area contributed by atoms with Crippen molar-refractivity contribution in [2.24, 2.45) is 0 Å². The van der Waals surface area contributed by atoms with Crippen molar-refractivity contribution in [1.29, 1.82) is 5.26 Å². The zero-order valence-corrected chi connectivity index (χ0v) is 14.9. The normalized spacial score (nSPS) is 13.0. The molecule has 0 unspecified atom stereocenters. The fourth-order valence-electron chi connectivity index (χ4n) is 3.49. The minimum atomic E-state index is -0.791. The smallest absolute Gasteiger partial charge is 0.258 e. The second kappa shape index (κ2) is 6.51. The SMILES string of the molecule is [C-]#[N+]/C(C#N)=C1\c2cc([N+](=O)[O-])c(C)cc2-c2c1cc([N+](=O)[O-])c(C)c2[N+](=O)[O-]. The number of benzene rings is 2. The van der Waals surface area contributed by atoms with Crippen molar-refractivity contribution in [2.45, 2.75) is 13.8 Å². The molecule has 0 saturated heterocycles. The lowest BCUT2D eigenvalue weighted by molar-refractivity contribution is -0.394. The zero-order chi connectivity index (χ0) is 21.6. The van der Waals surface area contributed by atoms with Gasteiger partial charge in [-0.15, -0.1) is 0 Å².